The van der Waals surface area contributed by atoms with Gasteiger partial charge in [-0.1, -0.05) is 23.6 Å². The first-order valence-corrected chi connectivity index (χ1v) is 5.66. The molecule has 2 atom stereocenters. The summed E-state index contributed by atoms with van der Waals surface area (Å²) in [6.45, 7) is 4.28. The van der Waals surface area contributed by atoms with Crippen molar-refractivity contribution >= 4 is 0 Å². The Kier molecular flexibility index (Phi) is 5.21. The molecule has 1 aliphatic rings. The van der Waals surface area contributed by atoms with Gasteiger partial charge in [0.25, 0.3) is 0 Å². The van der Waals surface area contributed by atoms with Crippen molar-refractivity contribution in [2.45, 2.75) is 51.7 Å². The summed E-state index contributed by atoms with van der Waals surface area (Å²) in [5.41, 5.74) is 1.33. The fraction of sp³-hybridized carbons (Fsp3) is 0.571. The zero-order valence-electron chi connectivity index (χ0n) is 9.70. The number of allylic oxidation sites excluding steroid dienone is 3. The highest BCUT2D eigenvalue weighted by atomic mass is 16.5. The Balaban J connectivity index is 2.37. The minimum Gasteiger partial charge on any atom is -0.375 e. The first-order valence-electron chi connectivity index (χ1n) is 5.66. The predicted molar refractivity (Wildman–Crippen MR) is 64.5 cm³/mol. The lowest BCUT2D eigenvalue weighted by atomic mass is 9.99. The van der Waals surface area contributed by atoms with E-state index in [0.29, 0.717) is 12.2 Å². The second-order valence-electron chi connectivity index (χ2n) is 4.24. The van der Waals surface area contributed by atoms with Crippen molar-refractivity contribution in [2.24, 2.45) is 0 Å². The molecular formula is C14H20O. The molecule has 0 aromatic carbocycles. The van der Waals surface area contributed by atoms with E-state index in [1.807, 2.05) is 6.08 Å². The highest BCUT2D eigenvalue weighted by Gasteiger charge is 2.18. The van der Waals surface area contributed by atoms with E-state index in [4.69, 9.17) is 11.2 Å². The summed E-state index contributed by atoms with van der Waals surface area (Å²) in [4.78, 5) is 0. The predicted octanol–water partition coefficient (Wildman–Crippen LogP) is 3.47. The zero-order chi connectivity index (χ0) is 11.1. The molecule has 2 unspecified atom stereocenters. The molecule has 15 heavy (non-hydrogen) atoms. The Hall–Kier alpha value is -1.00. The summed E-state index contributed by atoms with van der Waals surface area (Å²) in [5.74, 6) is 2.48. The van der Waals surface area contributed by atoms with Gasteiger partial charge in [0.2, 0.25) is 0 Å². The molecule has 1 heteroatoms. The molecule has 0 amide bonds. The smallest absolute Gasteiger partial charge is 0.0615 e. The Bertz CT molecular complexity index is 280. The Morgan fingerprint density at radius 1 is 1.53 bits per heavy atom. The zero-order valence-corrected chi connectivity index (χ0v) is 9.70. The summed E-state index contributed by atoms with van der Waals surface area (Å²) in [5, 5.41) is 0. The monoisotopic (exact) mass is 204 g/mol. The molecule has 1 saturated heterocycles. The molecule has 0 N–H and O–H groups in total. The fourth-order valence-corrected chi connectivity index (χ4v) is 1.94. The van der Waals surface area contributed by atoms with Gasteiger partial charge < -0.3 is 4.74 Å². The van der Waals surface area contributed by atoms with Crippen LogP contribution in [0, 0.1) is 12.3 Å². The van der Waals surface area contributed by atoms with Crippen molar-refractivity contribution in [1.82, 2.24) is 0 Å². The van der Waals surface area contributed by atoms with Gasteiger partial charge in [0, 0.05) is 0 Å². The van der Waals surface area contributed by atoms with Crippen LogP contribution in [0.4, 0.5) is 0 Å². The first kappa shape index (κ1) is 12.1. The summed E-state index contributed by atoms with van der Waals surface area (Å²) < 4.78 is 5.86. The van der Waals surface area contributed by atoms with Gasteiger partial charge in [-0.25, -0.2) is 0 Å². The van der Waals surface area contributed by atoms with Gasteiger partial charge in [-0.3, -0.25) is 0 Å². The molecule has 1 fully saturated rings. The van der Waals surface area contributed by atoms with E-state index in [1.54, 1.807) is 6.08 Å². The molecule has 0 saturated carbocycles. The quantitative estimate of drug-likeness (QED) is 0.505. The van der Waals surface area contributed by atoms with Crippen LogP contribution >= 0.6 is 0 Å². The van der Waals surface area contributed by atoms with Crippen molar-refractivity contribution in [3.8, 4) is 12.3 Å². The molecule has 1 heterocycles. The first-order chi connectivity index (χ1) is 7.22. The van der Waals surface area contributed by atoms with E-state index >= 15 is 0 Å². The fourth-order valence-electron chi connectivity index (χ4n) is 1.94. The normalized spacial score (nSPS) is 27.9. The van der Waals surface area contributed by atoms with Crippen molar-refractivity contribution in [1.29, 1.82) is 0 Å². The molecule has 1 rings (SSSR count). The molecule has 0 bridgehead atoms. The Morgan fingerprint density at radius 3 is 3.00 bits per heavy atom. The molecular weight excluding hydrogens is 184 g/mol. The van der Waals surface area contributed by atoms with E-state index in [-0.39, 0.29) is 0 Å². The lowest BCUT2D eigenvalue weighted by molar-refractivity contribution is -0.0386. The van der Waals surface area contributed by atoms with Crippen LogP contribution in [0.2, 0.25) is 0 Å². The third kappa shape index (κ3) is 4.85. The molecule has 0 spiro atoms. The Morgan fingerprint density at radius 2 is 2.33 bits per heavy atom. The van der Waals surface area contributed by atoms with Crippen LogP contribution < -0.4 is 0 Å². The van der Waals surface area contributed by atoms with Gasteiger partial charge >= 0.3 is 0 Å². The van der Waals surface area contributed by atoms with Crippen molar-refractivity contribution < 1.29 is 4.74 Å². The Labute approximate surface area is 93.2 Å². The van der Waals surface area contributed by atoms with E-state index < -0.39 is 0 Å². The second-order valence-corrected chi connectivity index (χ2v) is 4.24. The molecule has 1 aliphatic heterocycles. The number of hydrogen-bond acceptors (Lipinski definition) is 1. The standard InChI is InChI=1S/C14H20O/c1-4-5-6-8-12(2)11-14-10-7-9-13(3)15-14/h1,5-6,8,13-14H,7,9-11H2,2-3H3. The maximum absolute atomic E-state index is 5.86. The summed E-state index contributed by atoms with van der Waals surface area (Å²) in [6.07, 6.45) is 16.4. The van der Waals surface area contributed by atoms with Crippen molar-refractivity contribution in [3.63, 3.8) is 0 Å². The van der Waals surface area contributed by atoms with Gasteiger partial charge in [-0.2, -0.15) is 0 Å². The summed E-state index contributed by atoms with van der Waals surface area (Å²) in [7, 11) is 0. The average Bonchev–Trinajstić information content (AvgIpc) is 2.18. The van der Waals surface area contributed by atoms with Crippen molar-refractivity contribution in [3.05, 3.63) is 23.8 Å². The molecule has 0 aromatic rings. The third-order valence-electron chi connectivity index (χ3n) is 2.68. The highest BCUT2D eigenvalue weighted by molar-refractivity contribution is 5.18. The molecule has 0 radical (unpaired) electrons. The number of rotatable bonds is 3. The number of hydrogen-bond donors (Lipinski definition) is 0. The third-order valence-corrected chi connectivity index (χ3v) is 2.68. The van der Waals surface area contributed by atoms with Gasteiger partial charge in [-0.05, 0) is 45.6 Å². The number of ether oxygens (including phenoxy) is 1. The topological polar surface area (TPSA) is 9.23 Å². The van der Waals surface area contributed by atoms with E-state index in [9.17, 15) is 0 Å². The largest absolute Gasteiger partial charge is 0.375 e. The molecule has 82 valence electrons. The molecule has 0 aliphatic carbocycles. The SMILES string of the molecule is C#CC=CC=C(C)CC1CCCC(C)O1. The van der Waals surface area contributed by atoms with Crippen LogP contribution in [-0.2, 0) is 4.74 Å². The van der Waals surface area contributed by atoms with Gasteiger partial charge in [0.05, 0.1) is 12.2 Å². The maximum atomic E-state index is 5.86. The summed E-state index contributed by atoms with van der Waals surface area (Å²) >= 11 is 0. The maximum Gasteiger partial charge on any atom is 0.0615 e. The molecule has 0 aromatic heterocycles. The minimum atomic E-state index is 0.407. The van der Waals surface area contributed by atoms with Crippen LogP contribution in [0.25, 0.3) is 0 Å². The number of terminal acetylenes is 1. The van der Waals surface area contributed by atoms with Crippen molar-refractivity contribution in [2.75, 3.05) is 0 Å². The molecule has 1 nitrogen and oxygen atoms in total. The van der Waals surface area contributed by atoms with Gasteiger partial charge in [-0.15, -0.1) is 6.42 Å². The highest BCUT2D eigenvalue weighted by Crippen LogP contribution is 2.23. The van der Waals surface area contributed by atoms with Crippen LogP contribution in [0.15, 0.2) is 23.8 Å². The van der Waals surface area contributed by atoms with Gasteiger partial charge in [0.15, 0.2) is 0 Å². The van der Waals surface area contributed by atoms with Gasteiger partial charge in [0.1, 0.15) is 0 Å². The van der Waals surface area contributed by atoms with Crippen LogP contribution in [-0.4, -0.2) is 12.2 Å². The lowest BCUT2D eigenvalue weighted by Crippen LogP contribution is -2.25. The van der Waals surface area contributed by atoms with E-state index in [1.165, 1.54) is 24.8 Å². The van der Waals surface area contributed by atoms with E-state index in [2.05, 4.69) is 25.8 Å². The average molecular weight is 204 g/mol. The second kappa shape index (κ2) is 6.48. The van der Waals surface area contributed by atoms with Crippen LogP contribution in [0.1, 0.15) is 39.5 Å². The van der Waals surface area contributed by atoms with E-state index in [0.717, 1.165) is 6.42 Å². The summed E-state index contributed by atoms with van der Waals surface area (Å²) in [6, 6.07) is 0. The lowest BCUT2D eigenvalue weighted by Gasteiger charge is -2.28. The minimum absolute atomic E-state index is 0.407. The van der Waals surface area contributed by atoms with Crippen LogP contribution in [0.5, 0.6) is 0 Å². The van der Waals surface area contributed by atoms with Crippen LogP contribution in [0.3, 0.4) is 0 Å².